The maximum Gasteiger partial charge on any atom is 0.100 e. The zero-order chi connectivity index (χ0) is 32.2. The molecule has 0 saturated carbocycles. The summed E-state index contributed by atoms with van der Waals surface area (Å²) in [5, 5.41) is 25.8. The van der Waals surface area contributed by atoms with E-state index in [1.807, 2.05) is 54.6 Å². The van der Waals surface area contributed by atoms with Crippen molar-refractivity contribution in [2.45, 2.75) is 0 Å². The predicted octanol–water partition coefficient (Wildman–Crippen LogP) is 11.0. The monoisotopic (exact) mass is 610 g/mol. The Labute approximate surface area is 277 Å². The number of hydrogen-bond donors (Lipinski definition) is 0. The lowest BCUT2D eigenvalue weighted by Gasteiger charge is -2.17. The summed E-state index contributed by atoms with van der Waals surface area (Å²) in [5.41, 5.74) is 10.6. The minimum absolute atomic E-state index is 0.525. The van der Waals surface area contributed by atoms with Gasteiger partial charge >= 0.3 is 0 Å². The molecule has 4 heteroatoms. The highest BCUT2D eigenvalue weighted by Crippen LogP contribution is 2.40. The number of nitrogens with zero attached hydrogens (tertiary/aromatic N) is 4. The molecule has 0 saturated heterocycles. The largest absolute Gasteiger partial charge is 0.309 e. The maximum atomic E-state index is 10.8. The second-order valence-electron chi connectivity index (χ2n) is 12.0. The lowest BCUT2D eigenvalue weighted by Crippen LogP contribution is -2.00. The second kappa shape index (κ2) is 10.9. The van der Waals surface area contributed by atoms with Gasteiger partial charge in [0.2, 0.25) is 0 Å². The molecule has 0 spiro atoms. The van der Waals surface area contributed by atoms with Crippen molar-refractivity contribution < 1.29 is 0 Å². The summed E-state index contributed by atoms with van der Waals surface area (Å²) < 4.78 is 4.50. The first kappa shape index (κ1) is 27.4. The fourth-order valence-electron chi connectivity index (χ4n) is 7.31. The van der Waals surface area contributed by atoms with Crippen LogP contribution in [0.1, 0.15) is 11.1 Å². The van der Waals surface area contributed by atoms with Gasteiger partial charge in [0.25, 0.3) is 0 Å². The molecule has 7 aromatic carbocycles. The van der Waals surface area contributed by atoms with Crippen molar-refractivity contribution in [2.75, 3.05) is 0 Å². The van der Waals surface area contributed by atoms with E-state index < -0.39 is 0 Å². The van der Waals surface area contributed by atoms with E-state index in [1.165, 1.54) is 10.8 Å². The van der Waals surface area contributed by atoms with Crippen LogP contribution in [0.15, 0.2) is 158 Å². The molecule has 48 heavy (non-hydrogen) atoms. The number of nitriles is 2. The van der Waals surface area contributed by atoms with Crippen LogP contribution in [0.5, 0.6) is 0 Å². The Morgan fingerprint density at radius 1 is 0.375 bits per heavy atom. The van der Waals surface area contributed by atoms with E-state index in [1.54, 1.807) is 0 Å². The van der Waals surface area contributed by atoms with E-state index in [4.69, 9.17) is 0 Å². The van der Waals surface area contributed by atoms with E-state index in [2.05, 4.69) is 124 Å². The van der Waals surface area contributed by atoms with Gasteiger partial charge in [-0.3, -0.25) is 0 Å². The molecule has 9 aromatic rings. The molecule has 9 rings (SSSR count). The van der Waals surface area contributed by atoms with Crippen LogP contribution in [0.25, 0.3) is 77.2 Å². The van der Waals surface area contributed by atoms with Gasteiger partial charge in [-0.2, -0.15) is 10.5 Å². The lowest BCUT2D eigenvalue weighted by atomic mass is 9.90. The van der Waals surface area contributed by atoms with Crippen molar-refractivity contribution >= 4 is 43.6 Å². The van der Waals surface area contributed by atoms with Crippen LogP contribution in [0, 0.1) is 22.7 Å². The Morgan fingerprint density at radius 2 is 0.792 bits per heavy atom. The molecule has 0 unspecified atom stereocenters. The molecule has 2 aromatic heterocycles. The number of fused-ring (bicyclic) bond motifs is 6. The van der Waals surface area contributed by atoms with Crippen molar-refractivity contribution in [3.05, 3.63) is 169 Å². The van der Waals surface area contributed by atoms with E-state index in [-0.39, 0.29) is 0 Å². The summed E-state index contributed by atoms with van der Waals surface area (Å²) in [7, 11) is 0. The molecule has 2 heterocycles. The Bertz CT molecular complexity index is 2700. The van der Waals surface area contributed by atoms with Gasteiger partial charge in [0.05, 0.1) is 39.3 Å². The molecule has 0 N–H and O–H groups in total. The summed E-state index contributed by atoms with van der Waals surface area (Å²) in [6, 6.07) is 58.8. The van der Waals surface area contributed by atoms with Crippen molar-refractivity contribution in [2.24, 2.45) is 0 Å². The molecule has 0 aliphatic heterocycles. The number of aromatic nitrogens is 2. The summed E-state index contributed by atoms with van der Waals surface area (Å²) in [6.45, 7) is 0. The summed E-state index contributed by atoms with van der Waals surface area (Å²) >= 11 is 0. The SMILES string of the molecule is N#Cc1cc(-c2cc(-n3c4ccccc4c4ccccc43)cc(-c3ccccc3)c2C#N)cc(-n2c3ccccc3c3ccccc32)c1. The number of hydrogen-bond acceptors (Lipinski definition) is 2. The average Bonchev–Trinajstić information content (AvgIpc) is 3.67. The van der Waals surface area contributed by atoms with E-state index in [0.29, 0.717) is 11.1 Å². The smallest absolute Gasteiger partial charge is 0.100 e. The average molecular weight is 611 g/mol. The Balaban J connectivity index is 1.38. The highest BCUT2D eigenvalue weighted by molar-refractivity contribution is 6.10. The zero-order valence-electron chi connectivity index (χ0n) is 25.8. The normalized spacial score (nSPS) is 11.3. The van der Waals surface area contributed by atoms with Gasteiger partial charge in [-0.1, -0.05) is 103 Å². The maximum absolute atomic E-state index is 10.8. The summed E-state index contributed by atoms with van der Waals surface area (Å²) in [4.78, 5) is 0. The number of benzene rings is 7. The quantitative estimate of drug-likeness (QED) is 0.199. The van der Waals surface area contributed by atoms with Crippen LogP contribution in [0.3, 0.4) is 0 Å². The van der Waals surface area contributed by atoms with Crippen LogP contribution in [-0.2, 0) is 0 Å². The summed E-state index contributed by atoms with van der Waals surface area (Å²) in [6.07, 6.45) is 0. The molecular formula is C44H26N4. The predicted molar refractivity (Wildman–Crippen MR) is 195 cm³/mol. The minimum atomic E-state index is 0.525. The van der Waals surface area contributed by atoms with Gasteiger partial charge in [-0.25, -0.2) is 0 Å². The summed E-state index contributed by atoms with van der Waals surface area (Å²) in [5.74, 6) is 0. The molecule has 0 radical (unpaired) electrons. The van der Waals surface area contributed by atoms with Gasteiger partial charge < -0.3 is 9.13 Å². The Hall–Kier alpha value is -6.88. The van der Waals surface area contributed by atoms with Gasteiger partial charge in [0.15, 0.2) is 0 Å². The Morgan fingerprint density at radius 3 is 1.25 bits per heavy atom. The van der Waals surface area contributed by atoms with Crippen LogP contribution in [-0.4, -0.2) is 9.13 Å². The van der Waals surface area contributed by atoms with Crippen molar-refractivity contribution in [3.8, 4) is 45.8 Å². The molecule has 0 aliphatic carbocycles. The van der Waals surface area contributed by atoms with Gasteiger partial charge in [0.1, 0.15) is 6.07 Å². The number of para-hydroxylation sites is 4. The first-order valence-corrected chi connectivity index (χ1v) is 15.9. The standard InChI is InChI=1S/C44H26N4/c45-27-29-22-31(24-32(23-29)47-41-18-8-4-14-34(41)35-15-5-9-19-42(35)47)39-26-33(25-38(40(39)28-46)30-12-2-1-3-13-30)48-43-20-10-6-16-36(43)37-17-7-11-21-44(37)48/h1-26H. The molecule has 0 amide bonds. The van der Waals surface area contributed by atoms with Gasteiger partial charge in [-0.15, -0.1) is 0 Å². The van der Waals surface area contributed by atoms with E-state index in [9.17, 15) is 10.5 Å². The molecule has 0 fully saturated rings. The molecule has 0 aliphatic rings. The third-order valence-corrected chi connectivity index (χ3v) is 9.35. The van der Waals surface area contributed by atoms with E-state index in [0.717, 1.165) is 66.5 Å². The molecular weight excluding hydrogens is 585 g/mol. The van der Waals surface area contributed by atoms with E-state index >= 15 is 0 Å². The highest BCUT2D eigenvalue weighted by Gasteiger charge is 2.20. The molecule has 4 nitrogen and oxygen atoms in total. The van der Waals surface area contributed by atoms with Crippen molar-refractivity contribution in [1.29, 1.82) is 10.5 Å². The first-order valence-electron chi connectivity index (χ1n) is 15.9. The molecule has 0 atom stereocenters. The topological polar surface area (TPSA) is 57.4 Å². The van der Waals surface area contributed by atoms with Crippen LogP contribution in [0.4, 0.5) is 0 Å². The third kappa shape index (κ3) is 4.14. The fourth-order valence-corrected chi connectivity index (χ4v) is 7.31. The van der Waals surface area contributed by atoms with Crippen LogP contribution >= 0.6 is 0 Å². The lowest BCUT2D eigenvalue weighted by molar-refractivity contribution is 1.17. The van der Waals surface area contributed by atoms with Crippen molar-refractivity contribution in [3.63, 3.8) is 0 Å². The zero-order valence-corrected chi connectivity index (χ0v) is 25.8. The fraction of sp³-hybridized carbons (Fsp3) is 0. The third-order valence-electron chi connectivity index (χ3n) is 9.35. The van der Waals surface area contributed by atoms with Gasteiger partial charge in [-0.05, 0) is 65.7 Å². The van der Waals surface area contributed by atoms with Gasteiger partial charge in [0, 0.05) is 44.0 Å². The Kier molecular flexibility index (Phi) is 6.22. The van der Waals surface area contributed by atoms with Crippen LogP contribution in [0.2, 0.25) is 0 Å². The molecule has 222 valence electrons. The van der Waals surface area contributed by atoms with Crippen molar-refractivity contribution in [1.82, 2.24) is 9.13 Å². The van der Waals surface area contributed by atoms with Crippen LogP contribution < -0.4 is 0 Å². The number of rotatable bonds is 4. The first-order chi connectivity index (χ1) is 23.7. The minimum Gasteiger partial charge on any atom is -0.309 e. The second-order valence-corrected chi connectivity index (χ2v) is 12.0. The molecule has 0 bridgehead atoms. The highest BCUT2D eigenvalue weighted by atomic mass is 15.0.